The van der Waals surface area contributed by atoms with E-state index in [2.05, 4.69) is 33.7 Å². The van der Waals surface area contributed by atoms with Crippen molar-refractivity contribution in [1.82, 2.24) is 20.1 Å². The molecule has 0 aliphatic heterocycles. The summed E-state index contributed by atoms with van der Waals surface area (Å²) in [6, 6.07) is 22.4. The number of benzene rings is 2. The summed E-state index contributed by atoms with van der Waals surface area (Å²) in [4.78, 5) is 12.7. The first kappa shape index (κ1) is 21.1. The van der Waals surface area contributed by atoms with Crippen LogP contribution in [0, 0.1) is 11.3 Å². The lowest BCUT2D eigenvalue weighted by Gasteiger charge is -2.31. The monoisotopic (exact) mass is 431 g/mol. The smallest absolute Gasteiger partial charge is 0.231 e. The maximum absolute atomic E-state index is 12.7. The van der Waals surface area contributed by atoms with Gasteiger partial charge < -0.3 is 5.32 Å². The average molecular weight is 432 g/mol. The zero-order valence-corrected chi connectivity index (χ0v) is 18.1. The first-order valence-corrected chi connectivity index (χ1v) is 11.6. The Morgan fingerprint density at radius 1 is 1.03 bits per heavy atom. The molecule has 1 aromatic heterocycles. The fourth-order valence-corrected chi connectivity index (χ4v) is 4.75. The number of carbonyl (C=O) groups excluding carboxylic acids is 1. The lowest BCUT2D eigenvalue weighted by atomic mass is 9.83. The molecule has 1 N–H and O–H groups in total. The van der Waals surface area contributed by atoms with Crippen LogP contribution in [-0.4, -0.2) is 32.0 Å². The molecular weight excluding hydrogens is 406 g/mol. The van der Waals surface area contributed by atoms with E-state index < -0.39 is 5.54 Å². The molecule has 0 bridgehead atoms. The van der Waals surface area contributed by atoms with Crippen molar-refractivity contribution in [3.63, 3.8) is 0 Å². The minimum absolute atomic E-state index is 0.138. The van der Waals surface area contributed by atoms with Crippen molar-refractivity contribution < 1.29 is 4.79 Å². The van der Waals surface area contributed by atoms with Crippen molar-refractivity contribution in [2.45, 2.75) is 49.2 Å². The molecule has 6 nitrogen and oxygen atoms in total. The molecule has 1 aliphatic rings. The van der Waals surface area contributed by atoms with Crippen LogP contribution in [0.3, 0.4) is 0 Å². The summed E-state index contributed by atoms with van der Waals surface area (Å²) in [5.41, 5.74) is 1.39. The third-order valence-electron chi connectivity index (χ3n) is 5.55. The quantitative estimate of drug-likeness (QED) is 0.564. The Morgan fingerprint density at radius 3 is 2.39 bits per heavy atom. The van der Waals surface area contributed by atoms with Gasteiger partial charge in [0, 0.05) is 12.1 Å². The summed E-state index contributed by atoms with van der Waals surface area (Å²) in [7, 11) is 0. The molecule has 1 aliphatic carbocycles. The summed E-state index contributed by atoms with van der Waals surface area (Å²) in [6.07, 6.45) is 5.17. The Morgan fingerprint density at radius 2 is 1.71 bits per heavy atom. The largest absolute Gasteiger partial charge is 0.337 e. The molecule has 2 aromatic carbocycles. The Hall–Kier alpha value is -3.11. The Kier molecular flexibility index (Phi) is 6.68. The highest BCUT2D eigenvalue weighted by Crippen LogP contribution is 2.28. The van der Waals surface area contributed by atoms with Gasteiger partial charge in [-0.2, -0.15) is 5.26 Å². The Balaban J connectivity index is 1.51. The van der Waals surface area contributed by atoms with Crippen molar-refractivity contribution in [3.05, 3.63) is 72.1 Å². The number of thioether (sulfide) groups is 1. The topological polar surface area (TPSA) is 83.6 Å². The van der Waals surface area contributed by atoms with Gasteiger partial charge in [-0.1, -0.05) is 79.6 Å². The van der Waals surface area contributed by atoms with E-state index in [0.717, 1.165) is 49.2 Å². The highest BCUT2D eigenvalue weighted by atomic mass is 32.2. The number of nitrogens with zero attached hydrogens (tertiary/aromatic N) is 4. The number of nitrogens with one attached hydrogen (secondary N) is 1. The van der Waals surface area contributed by atoms with Crippen LogP contribution in [0.1, 0.15) is 43.5 Å². The van der Waals surface area contributed by atoms with Gasteiger partial charge in [0.15, 0.2) is 5.16 Å². The van der Waals surface area contributed by atoms with Crippen LogP contribution in [0.4, 0.5) is 0 Å². The second-order valence-corrected chi connectivity index (χ2v) is 8.77. The predicted molar refractivity (Wildman–Crippen MR) is 121 cm³/mol. The lowest BCUT2D eigenvalue weighted by Crippen LogP contribution is -2.49. The van der Waals surface area contributed by atoms with E-state index in [1.165, 1.54) is 11.8 Å². The maximum Gasteiger partial charge on any atom is 0.231 e. The number of carbonyl (C=O) groups is 1. The number of hydrogen-bond acceptors (Lipinski definition) is 5. The van der Waals surface area contributed by atoms with Gasteiger partial charge in [-0.15, -0.1) is 10.2 Å². The third kappa shape index (κ3) is 5.15. The zero-order chi connectivity index (χ0) is 21.5. The van der Waals surface area contributed by atoms with Gasteiger partial charge in [-0.05, 0) is 30.5 Å². The van der Waals surface area contributed by atoms with Crippen LogP contribution >= 0.6 is 11.8 Å². The highest BCUT2D eigenvalue weighted by Gasteiger charge is 2.33. The number of para-hydroxylation sites is 1. The Bertz CT molecular complexity index is 1050. The van der Waals surface area contributed by atoms with Crippen molar-refractivity contribution >= 4 is 17.7 Å². The second kappa shape index (κ2) is 9.80. The molecule has 0 unspecified atom stereocenters. The van der Waals surface area contributed by atoms with Gasteiger partial charge in [0.1, 0.15) is 11.4 Å². The third-order valence-corrected chi connectivity index (χ3v) is 6.48. The summed E-state index contributed by atoms with van der Waals surface area (Å²) < 4.78 is 2.01. The van der Waals surface area contributed by atoms with Crippen LogP contribution < -0.4 is 5.32 Å². The molecule has 0 saturated heterocycles. The molecule has 31 heavy (non-hydrogen) atoms. The fourth-order valence-electron chi connectivity index (χ4n) is 3.98. The Labute approximate surface area is 186 Å². The highest BCUT2D eigenvalue weighted by molar-refractivity contribution is 7.99. The van der Waals surface area contributed by atoms with Gasteiger partial charge in [0.2, 0.25) is 5.91 Å². The molecule has 1 amide bonds. The van der Waals surface area contributed by atoms with Crippen LogP contribution in [0.2, 0.25) is 0 Å². The minimum Gasteiger partial charge on any atom is -0.337 e. The van der Waals surface area contributed by atoms with E-state index in [-0.39, 0.29) is 11.7 Å². The molecule has 0 radical (unpaired) electrons. The van der Waals surface area contributed by atoms with Crippen LogP contribution in [0.15, 0.2) is 65.8 Å². The molecular formula is C24H25N5OS. The molecule has 0 spiro atoms. The normalized spacial score (nSPS) is 15.2. The van der Waals surface area contributed by atoms with E-state index in [1.54, 1.807) is 0 Å². The van der Waals surface area contributed by atoms with Crippen LogP contribution in [0.5, 0.6) is 0 Å². The van der Waals surface area contributed by atoms with Gasteiger partial charge in [-0.3, -0.25) is 9.36 Å². The van der Waals surface area contributed by atoms with E-state index in [9.17, 15) is 10.1 Å². The maximum atomic E-state index is 12.7. The zero-order valence-electron chi connectivity index (χ0n) is 17.3. The molecule has 4 rings (SSSR count). The fraction of sp³-hybridized carbons (Fsp3) is 0.333. The van der Waals surface area contributed by atoms with Gasteiger partial charge in [0.25, 0.3) is 0 Å². The standard InChI is InChI=1S/C24H25N5OS/c25-18-24(14-8-3-9-15-24)26-22(30)17-31-23-28-27-21(16-19-10-4-1-5-11-19)29(23)20-12-6-2-7-13-20/h1-2,4-7,10-13H,3,8-9,14-17H2,(H,26,30). The molecule has 1 saturated carbocycles. The number of aromatic nitrogens is 3. The number of nitriles is 1. The van der Waals surface area contributed by atoms with E-state index in [0.29, 0.717) is 11.6 Å². The van der Waals surface area contributed by atoms with E-state index >= 15 is 0 Å². The first-order valence-electron chi connectivity index (χ1n) is 10.6. The number of amides is 1. The molecule has 158 valence electrons. The molecule has 1 heterocycles. The number of rotatable bonds is 7. The predicted octanol–water partition coefficient (Wildman–Crippen LogP) is 4.29. The van der Waals surface area contributed by atoms with E-state index in [4.69, 9.17) is 0 Å². The molecule has 0 atom stereocenters. The van der Waals surface area contributed by atoms with E-state index in [1.807, 2.05) is 53.1 Å². The van der Waals surface area contributed by atoms with Gasteiger partial charge in [0.05, 0.1) is 11.8 Å². The summed E-state index contributed by atoms with van der Waals surface area (Å²) in [5.74, 6) is 0.876. The van der Waals surface area contributed by atoms with Gasteiger partial charge >= 0.3 is 0 Å². The van der Waals surface area contributed by atoms with Crippen molar-refractivity contribution in [2.24, 2.45) is 0 Å². The minimum atomic E-state index is -0.721. The summed E-state index contributed by atoms with van der Waals surface area (Å²) in [6.45, 7) is 0. The average Bonchev–Trinajstić information content (AvgIpc) is 3.22. The molecule has 1 fully saturated rings. The number of hydrogen-bond donors (Lipinski definition) is 1. The summed E-state index contributed by atoms with van der Waals surface area (Å²) >= 11 is 1.35. The molecule has 3 aromatic rings. The SMILES string of the molecule is N#CC1(NC(=O)CSc2nnc(Cc3ccccc3)n2-c2ccccc2)CCCCC1. The van der Waals surface area contributed by atoms with Crippen LogP contribution in [-0.2, 0) is 11.2 Å². The van der Waals surface area contributed by atoms with Crippen molar-refractivity contribution in [3.8, 4) is 11.8 Å². The van der Waals surface area contributed by atoms with Crippen molar-refractivity contribution in [2.75, 3.05) is 5.75 Å². The first-order chi connectivity index (χ1) is 15.2. The second-order valence-electron chi connectivity index (χ2n) is 7.82. The summed E-state index contributed by atoms with van der Waals surface area (Å²) in [5, 5.41) is 22.1. The lowest BCUT2D eigenvalue weighted by molar-refractivity contribution is -0.120. The molecule has 7 heteroatoms. The van der Waals surface area contributed by atoms with Crippen molar-refractivity contribution in [1.29, 1.82) is 5.26 Å². The van der Waals surface area contributed by atoms with Gasteiger partial charge in [-0.25, -0.2) is 0 Å². The van der Waals surface area contributed by atoms with Crippen LogP contribution in [0.25, 0.3) is 5.69 Å².